The minimum absolute atomic E-state index is 0.0200. The number of ether oxygens (including phenoxy) is 2. The van der Waals surface area contributed by atoms with Gasteiger partial charge in [0.1, 0.15) is 24.0 Å². The maximum atomic E-state index is 15.2. The molecule has 0 saturated heterocycles. The van der Waals surface area contributed by atoms with Crippen molar-refractivity contribution in [3.63, 3.8) is 0 Å². The van der Waals surface area contributed by atoms with Crippen LogP contribution in [0.4, 0.5) is 13.6 Å². The van der Waals surface area contributed by atoms with E-state index in [0.29, 0.717) is 16.9 Å². The lowest BCUT2D eigenvalue weighted by Gasteiger charge is -2.29. The van der Waals surface area contributed by atoms with Gasteiger partial charge in [-0.1, -0.05) is 36.4 Å². The number of aliphatic carboxylic acids is 1. The van der Waals surface area contributed by atoms with E-state index in [1.165, 1.54) is 18.2 Å². The zero-order valence-corrected chi connectivity index (χ0v) is 18.9. The van der Waals surface area contributed by atoms with Gasteiger partial charge in [0.2, 0.25) is 0 Å². The molecule has 3 aromatic rings. The molecule has 182 valence electrons. The van der Waals surface area contributed by atoms with E-state index >= 15 is 4.39 Å². The van der Waals surface area contributed by atoms with Crippen molar-refractivity contribution in [1.82, 2.24) is 5.06 Å². The lowest BCUT2D eigenvalue weighted by Crippen LogP contribution is -2.34. The Kier molecular flexibility index (Phi) is 7.26. The number of halogens is 2. The van der Waals surface area contributed by atoms with Crippen LogP contribution >= 0.6 is 0 Å². The van der Waals surface area contributed by atoms with Crippen LogP contribution in [0.5, 0.6) is 5.75 Å². The third-order valence-electron chi connectivity index (χ3n) is 5.68. The van der Waals surface area contributed by atoms with Crippen LogP contribution < -0.4 is 4.74 Å². The Morgan fingerprint density at radius 3 is 2.49 bits per heavy atom. The summed E-state index contributed by atoms with van der Waals surface area (Å²) in [6.45, 7) is 0.115. The van der Waals surface area contributed by atoms with E-state index in [9.17, 15) is 14.0 Å². The third-order valence-corrected chi connectivity index (χ3v) is 5.68. The fourth-order valence-corrected chi connectivity index (χ4v) is 4.10. The predicted octanol–water partition coefficient (Wildman–Crippen LogP) is 4.89. The SMILES string of the molecule is COc1ccc(CC(=O)O)cc1-c1c(F)cc(F)c2c1CN(OC(=O)OCc1ccccc1)CC2. The molecule has 4 rings (SSSR count). The number of carboxylic acid groups (broad SMARTS) is 1. The molecular weight excluding hydrogens is 460 g/mol. The number of hydrogen-bond acceptors (Lipinski definition) is 6. The maximum Gasteiger partial charge on any atom is 0.528 e. The largest absolute Gasteiger partial charge is 0.528 e. The molecule has 0 amide bonds. The summed E-state index contributed by atoms with van der Waals surface area (Å²) in [7, 11) is 1.40. The maximum absolute atomic E-state index is 15.2. The average molecular weight is 483 g/mol. The number of fused-ring (bicyclic) bond motifs is 1. The zero-order chi connectivity index (χ0) is 24.9. The molecule has 1 aliphatic rings. The van der Waals surface area contributed by atoms with Gasteiger partial charge >= 0.3 is 12.1 Å². The summed E-state index contributed by atoms with van der Waals surface area (Å²) in [5.41, 5.74) is 2.15. The van der Waals surface area contributed by atoms with Crippen LogP contribution in [0.2, 0.25) is 0 Å². The van der Waals surface area contributed by atoms with Crippen molar-refractivity contribution < 1.29 is 37.8 Å². The first-order valence-corrected chi connectivity index (χ1v) is 10.9. The van der Waals surface area contributed by atoms with Gasteiger partial charge in [-0.2, -0.15) is 0 Å². The normalized spacial score (nSPS) is 13.1. The van der Waals surface area contributed by atoms with Crippen molar-refractivity contribution in [2.24, 2.45) is 0 Å². The van der Waals surface area contributed by atoms with Crippen LogP contribution in [0.3, 0.4) is 0 Å². The van der Waals surface area contributed by atoms with Gasteiger partial charge in [-0.05, 0) is 40.8 Å². The Morgan fingerprint density at radius 1 is 1.00 bits per heavy atom. The monoisotopic (exact) mass is 483 g/mol. The summed E-state index contributed by atoms with van der Waals surface area (Å²) < 4.78 is 40.3. The van der Waals surface area contributed by atoms with Crippen LogP contribution in [-0.4, -0.2) is 35.9 Å². The van der Waals surface area contributed by atoms with Gasteiger partial charge in [0.05, 0.1) is 20.1 Å². The second kappa shape index (κ2) is 10.5. The smallest absolute Gasteiger partial charge is 0.496 e. The number of methoxy groups -OCH3 is 1. The molecule has 0 fully saturated rings. The quantitative estimate of drug-likeness (QED) is 0.479. The van der Waals surface area contributed by atoms with Crippen LogP contribution in [0.1, 0.15) is 22.3 Å². The number of carbonyl (C=O) groups excluding carboxylic acids is 1. The molecule has 35 heavy (non-hydrogen) atoms. The van der Waals surface area contributed by atoms with E-state index in [-0.39, 0.29) is 49.2 Å². The molecule has 0 bridgehead atoms. The van der Waals surface area contributed by atoms with Gasteiger partial charge in [0, 0.05) is 23.7 Å². The zero-order valence-electron chi connectivity index (χ0n) is 18.9. The van der Waals surface area contributed by atoms with Gasteiger partial charge in [-0.3, -0.25) is 4.79 Å². The molecule has 9 heteroatoms. The van der Waals surface area contributed by atoms with Gasteiger partial charge < -0.3 is 19.4 Å². The van der Waals surface area contributed by atoms with E-state index in [4.69, 9.17) is 19.4 Å². The summed E-state index contributed by atoms with van der Waals surface area (Å²) in [6.07, 6.45) is -1.04. The molecule has 0 aromatic heterocycles. The Labute approximate surface area is 200 Å². The number of benzene rings is 3. The van der Waals surface area contributed by atoms with E-state index in [1.54, 1.807) is 24.3 Å². The lowest BCUT2D eigenvalue weighted by atomic mass is 9.89. The van der Waals surface area contributed by atoms with E-state index in [1.807, 2.05) is 18.2 Å². The second-order valence-corrected chi connectivity index (χ2v) is 8.01. The van der Waals surface area contributed by atoms with Crippen molar-refractivity contribution in [2.45, 2.75) is 26.0 Å². The first-order chi connectivity index (χ1) is 16.9. The summed E-state index contributed by atoms with van der Waals surface area (Å²) in [5, 5.41) is 10.4. The number of nitrogens with zero attached hydrogens (tertiary/aromatic N) is 1. The summed E-state index contributed by atoms with van der Waals surface area (Å²) in [6, 6.07) is 14.5. The number of hydroxylamine groups is 2. The molecule has 0 atom stereocenters. The van der Waals surface area contributed by atoms with Crippen molar-refractivity contribution >= 4 is 12.1 Å². The standard InChI is InChI=1S/C26H23F2NO6/c1-33-23-8-7-17(12-24(30)31)11-19(23)25-20-14-29(10-9-18(20)21(27)13-22(25)28)35-26(32)34-15-16-5-3-2-4-6-16/h2-8,11,13H,9-10,12,14-15H2,1H3,(H,30,31). The molecule has 0 radical (unpaired) electrons. The molecule has 3 aromatic carbocycles. The van der Waals surface area contributed by atoms with Gasteiger partial charge in [-0.15, -0.1) is 5.06 Å². The molecule has 0 unspecified atom stereocenters. The third kappa shape index (κ3) is 5.58. The van der Waals surface area contributed by atoms with Crippen LogP contribution in [-0.2, 0) is 40.4 Å². The van der Waals surface area contributed by atoms with Gasteiger partial charge in [-0.25, -0.2) is 13.6 Å². The minimum Gasteiger partial charge on any atom is -0.496 e. The second-order valence-electron chi connectivity index (χ2n) is 8.01. The first kappa shape index (κ1) is 24.2. The Hall–Kier alpha value is -3.98. The number of hydrogen-bond donors (Lipinski definition) is 1. The highest BCUT2D eigenvalue weighted by Crippen LogP contribution is 2.39. The highest BCUT2D eigenvalue weighted by atomic mass is 19.1. The minimum atomic E-state index is -1.05. The average Bonchev–Trinajstić information content (AvgIpc) is 2.83. The number of carbonyl (C=O) groups is 2. The summed E-state index contributed by atoms with van der Waals surface area (Å²) in [5.74, 6) is -2.28. The Bertz CT molecular complexity index is 1250. The molecule has 1 aliphatic heterocycles. The topological polar surface area (TPSA) is 85.3 Å². The molecule has 1 heterocycles. The molecular formula is C26H23F2NO6. The number of carboxylic acids is 1. The van der Waals surface area contributed by atoms with Gasteiger partial charge in [0.15, 0.2) is 0 Å². The molecule has 0 aliphatic carbocycles. The van der Waals surface area contributed by atoms with E-state index in [0.717, 1.165) is 11.6 Å². The van der Waals surface area contributed by atoms with E-state index < -0.39 is 23.8 Å². The summed E-state index contributed by atoms with van der Waals surface area (Å²) in [4.78, 5) is 28.7. The van der Waals surface area contributed by atoms with Crippen molar-refractivity contribution in [3.05, 3.63) is 88.5 Å². The number of rotatable bonds is 7. The molecule has 1 N–H and O–H groups in total. The van der Waals surface area contributed by atoms with Crippen molar-refractivity contribution in [3.8, 4) is 16.9 Å². The first-order valence-electron chi connectivity index (χ1n) is 10.9. The highest BCUT2D eigenvalue weighted by Gasteiger charge is 2.29. The fourth-order valence-electron chi connectivity index (χ4n) is 4.10. The predicted molar refractivity (Wildman–Crippen MR) is 122 cm³/mol. The van der Waals surface area contributed by atoms with Crippen LogP contribution in [0.15, 0.2) is 54.6 Å². The van der Waals surface area contributed by atoms with Crippen molar-refractivity contribution in [1.29, 1.82) is 0 Å². The molecule has 0 spiro atoms. The molecule has 0 saturated carbocycles. The molecule has 7 nitrogen and oxygen atoms in total. The fraction of sp³-hybridized carbons (Fsp3) is 0.231. The lowest BCUT2D eigenvalue weighted by molar-refractivity contribution is -0.139. The summed E-state index contributed by atoms with van der Waals surface area (Å²) >= 11 is 0. The van der Waals surface area contributed by atoms with Crippen molar-refractivity contribution in [2.75, 3.05) is 13.7 Å². The highest BCUT2D eigenvalue weighted by molar-refractivity contribution is 5.78. The van der Waals surface area contributed by atoms with Gasteiger partial charge in [0.25, 0.3) is 0 Å². The van der Waals surface area contributed by atoms with E-state index in [2.05, 4.69) is 0 Å². The van der Waals surface area contributed by atoms with Crippen LogP contribution in [0.25, 0.3) is 11.1 Å². The Balaban J connectivity index is 1.61. The Morgan fingerprint density at radius 2 is 1.77 bits per heavy atom. The van der Waals surface area contributed by atoms with Crippen LogP contribution in [0, 0.1) is 11.6 Å².